The number of hydrogen-bond acceptors (Lipinski definition) is 1. The summed E-state index contributed by atoms with van der Waals surface area (Å²) in [5.41, 5.74) is -3.71. The number of carbonyl (C=O) groups excluding carboxylic acids is 1. The average molecular weight is 345 g/mol. The van der Waals surface area contributed by atoms with Crippen LogP contribution >= 0.6 is 0 Å². The van der Waals surface area contributed by atoms with E-state index in [0.29, 0.717) is 6.42 Å². The van der Waals surface area contributed by atoms with Crippen LogP contribution < -0.4 is 0 Å². The van der Waals surface area contributed by atoms with Gasteiger partial charge in [-0.05, 0) is 24.3 Å². The van der Waals surface area contributed by atoms with Crippen molar-refractivity contribution in [1.82, 2.24) is 4.90 Å². The fraction of sp³-hybridized carbons (Fsp3) is 0.588. The highest BCUT2D eigenvalue weighted by Gasteiger charge is 2.79. The fourth-order valence-electron chi connectivity index (χ4n) is 4.41. The number of benzene rings is 1. The standard InChI is InChI=1S/C17H16F5NO/c18-16(19)9-15(16,11-4-2-1-3-5-11)13(24)23-8-12-6-7-14(12,10-23)17(20,21)22/h1-5,12H,6-10H2/t12-,14-,15?/m0/s1. The molecule has 2 nitrogen and oxygen atoms in total. The molecule has 2 saturated carbocycles. The maximum Gasteiger partial charge on any atom is 0.396 e. The van der Waals surface area contributed by atoms with Gasteiger partial charge in [-0.15, -0.1) is 0 Å². The van der Waals surface area contributed by atoms with Gasteiger partial charge in [0.25, 0.3) is 5.92 Å². The van der Waals surface area contributed by atoms with E-state index in [1.807, 2.05) is 0 Å². The van der Waals surface area contributed by atoms with Crippen LogP contribution in [0.2, 0.25) is 0 Å². The minimum Gasteiger partial charge on any atom is -0.341 e. The van der Waals surface area contributed by atoms with Crippen molar-refractivity contribution in [3.05, 3.63) is 35.9 Å². The molecule has 1 aromatic rings. The van der Waals surface area contributed by atoms with Crippen LogP contribution in [0.5, 0.6) is 0 Å². The van der Waals surface area contributed by atoms with E-state index >= 15 is 0 Å². The van der Waals surface area contributed by atoms with Gasteiger partial charge in [0, 0.05) is 19.5 Å². The van der Waals surface area contributed by atoms with Gasteiger partial charge in [0.2, 0.25) is 5.91 Å². The lowest BCUT2D eigenvalue weighted by molar-refractivity contribution is -0.259. The zero-order valence-electron chi connectivity index (χ0n) is 12.7. The molecule has 1 unspecified atom stereocenters. The summed E-state index contributed by atoms with van der Waals surface area (Å²) in [6.07, 6.45) is -4.68. The van der Waals surface area contributed by atoms with Crippen molar-refractivity contribution in [2.75, 3.05) is 13.1 Å². The molecule has 0 bridgehead atoms. The topological polar surface area (TPSA) is 20.3 Å². The van der Waals surface area contributed by atoms with Crippen molar-refractivity contribution in [3.8, 4) is 0 Å². The Morgan fingerprint density at radius 1 is 1.17 bits per heavy atom. The van der Waals surface area contributed by atoms with Crippen LogP contribution in [0, 0.1) is 11.3 Å². The lowest BCUT2D eigenvalue weighted by atomic mass is 9.61. The predicted octanol–water partition coefficient (Wildman–Crippen LogP) is 3.76. The van der Waals surface area contributed by atoms with E-state index in [4.69, 9.17) is 0 Å². The SMILES string of the molecule is O=C(N1C[C@@H]2CC[C@]2(C(F)(F)F)C1)C1(c2ccccc2)CC1(F)F. The van der Waals surface area contributed by atoms with Crippen LogP contribution in [0.15, 0.2) is 30.3 Å². The van der Waals surface area contributed by atoms with Gasteiger partial charge in [-0.3, -0.25) is 4.79 Å². The maximum absolute atomic E-state index is 14.1. The molecule has 3 aliphatic rings. The van der Waals surface area contributed by atoms with Gasteiger partial charge in [0.1, 0.15) is 5.41 Å². The van der Waals surface area contributed by atoms with Gasteiger partial charge in [-0.1, -0.05) is 30.3 Å². The molecule has 1 aliphatic heterocycles. The summed E-state index contributed by atoms with van der Waals surface area (Å²) < 4.78 is 68.4. The molecular formula is C17H16F5NO. The van der Waals surface area contributed by atoms with Crippen molar-refractivity contribution in [2.24, 2.45) is 11.3 Å². The number of alkyl halides is 5. The Morgan fingerprint density at radius 2 is 1.79 bits per heavy atom. The van der Waals surface area contributed by atoms with Gasteiger partial charge in [0.05, 0.1) is 5.41 Å². The highest BCUT2D eigenvalue weighted by molar-refractivity contribution is 5.94. The minimum atomic E-state index is -4.41. The van der Waals surface area contributed by atoms with Crippen molar-refractivity contribution < 1.29 is 26.7 Å². The number of likely N-dealkylation sites (tertiary alicyclic amines) is 1. The van der Waals surface area contributed by atoms with E-state index in [-0.39, 0.29) is 18.5 Å². The molecule has 0 radical (unpaired) electrons. The van der Waals surface area contributed by atoms with Crippen LogP contribution in [0.4, 0.5) is 22.0 Å². The Labute approximate surface area is 135 Å². The number of hydrogen-bond donors (Lipinski definition) is 0. The number of nitrogens with zero attached hydrogens (tertiary/aromatic N) is 1. The lowest BCUT2D eigenvalue weighted by Gasteiger charge is -2.44. The summed E-state index contributed by atoms with van der Waals surface area (Å²) in [4.78, 5) is 13.8. The summed E-state index contributed by atoms with van der Waals surface area (Å²) in [6, 6.07) is 7.66. The highest BCUT2D eigenvalue weighted by Crippen LogP contribution is 2.65. The van der Waals surface area contributed by atoms with Gasteiger partial charge in [-0.25, -0.2) is 8.78 Å². The molecule has 7 heteroatoms. The van der Waals surface area contributed by atoms with E-state index in [0.717, 1.165) is 4.90 Å². The Balaban J connectivity index is 1.65. The van der Waals surface area contributed by atoms with E-state index < -0.39 is 47.7 Å². The third-order valence-electron chi connectivity index (χ3n) is 6.10. The Kier molecular flexibility index (Phi) is 2.96. The molecule has 0 aromatic heterocycles. The van der Waals surface area contributed by atoms with E-state index in [9.17, 15) is 26.7 Å². The largest absolute Gasteiger partial charge is 0.396 e. The zero-order chi connectivity index (χ0) is 17.4. The maximum atomic E-state index is 14.1. The van der Waals surface area contributed by atoms with E-state index in [1.54, 1.807) is 18.2 Å². The van der Waals surface area contributed by atoms with Crippen LogP contribution in [0.3, 0.4) is 0 Å². The first-order chi connectivity index (χ1) is 11.1. The summed E-state index contributed by atoms with van der Waals surface area (Å²) in [5.74, 6) is -4.74. The first kappa shape index (κ1) is 15.8. The van der Waals surface area contributed by atoms with E-state index in [2.05, 4.69) is 0 Å². The molecule has 130 valence electrons. The third-order valence-corrected chi connectivity index (χ3v) is 6.10. The molecule has 1 saturated heterocycles. The molecule has 1 aromatic carbocycles. The number of rotatable bonds is 2. The number of halogens is 5. The van der Waals surface area contributed by atoms with E-state index in [1.165, 1.54) is 12.1 Å². The first-order valence-corrected chi connectivity index (χ1v) is 7.94. The van der Waals surface area contributed by atoms with Gasteiger partial charge in [-0.2, -0.15) is 13.2 Å². The lowest BCUT2D eigenvalue weighted by Crippen LogP contribution is -2.51. The smallest absolute Gasteiger partial charge is 0.341 e. The second kappa shape index (κ2) is 4.49. The molecule has 1 amide bonds. The zero-order valence-corrected chi connectivity index (χ0v) is 12.7. The van der Waals surface area contributed by atoms with Crippen molar-refractivity contribution in [1.29, 1.82) is 0 Å². The van der Waals surface area contributed by atoms with Crippen LogP contribution in [0.25, 0.3) is 0 Å². The predicted molar refractivity (Wildman–Crippen MR) is 75.5 cm³/mol. The molecular weight excluding hydrogens is 329 g/mol. The Hall–Kier alpha value is -1.66. The molecule has 1 heterocycles. The van der Waals surface area contributed by atoms with Crippen molar-refractivity contribution in [2.45, 2.75) is 36.8 Å². The second-order valence-corrected chi connectivity index (χ2v) is 7.23. The summed E-state index contributed by atoms with van der Waals surface area (Å²) in [5, 5.41) is 0. The first-order valence-electron chi connectivity index (χ1n) is 7.94. The highest BCUT2D eigenvalue weighted by atomic mass is 19.4. The van der Waals surface area contributed by atoms with Gasteiger partial charge < -0.3 is 4.90 Å². The summed E-state index contributed by atoms with van der Waals surface area (Å²) in [6.45, 7) is -0.576. The molecule has 24 heavy (non-hydrogen) atoms. The molecule has 3 fully saturated rings. The quantitative estimate of drug-likeness (QED) is 0.748. The Morgan fingerprint density at radius 3 is 2.21 bits per heavy atom. The normalized spacial score (nSPS) is 36.9. The third kappa shape index (κ3) is 1.78. The number of amides is 1. The molecule has 2 aliphatic carbocycles. The molecule has 0 N–H and O–H groups in total. The van der Waals surface area contributed by atoms with Crippen LogP contribution in [0.1, 0.15) is 24.8 Å². The molecule has 3 atom stereocenters. The summed E-state index contributed by atoms with van der Waals surface area (Å²) in [7, 11) is 0. The average Bonchev–Trinajstić information content (AvgIpc) is 2.98. The van der Waals surface area contributed by atoms with Crippen LogP contribution in [-0.2, 0) is 10.2 Å². The Bertz CT molecular complexity index is 688. The monoisotopic (exact) mass is 345 g/mol. The minimum absolute atomic E-state index is 0.0281. The van der Waals surface area contributed by atoms with Gasteiger partial charge >= 0.3 is 6.18 Å². The fourth-order valence-corrected chi connectivity index (χ4v) is 4.41. The molecule has 0 spiro atoms. The summed E-state index contributed by atoms with van der Waals surface area (Å²) >= 11 is 0. The second-order valence-electron chi connectivity index (χ2n) is 7.23. The van der Waals surface area contributed by atoms with Crippen molar-refractivity contribution >= 4 is 5.91 Å². The molecule has 4 rings (SSSR count). The number of fused-ring (bicyclic) bond motifs is 1. The number of carbonyl (C=O) groups is 1. The van der Waals surface area contributed by atoms with Crippen LogP contribution in [-0.4, -0.2) is 36.0 Å². The van der Waals surface area contributed by atoms with Gasteiger partial charge in [0.15, 0.2) is 0 Å². The van der Waals surface area contributed by atoms with Crippen molar-refractivity contribution in [3.63, 3.8) is 0 Å².